The minimum Gasteiger partial charge on any atom is -0.489 e. The lowest BCUT2D eigenvalue weighted by atomic mass is 10.3. The van der Waals surface area contributed by atoms with Gasteiger partial charge in [-0.05, 0) is 18.6 Å². The zero-order valence-corrected chi connectivity index (χ0v) is 10.7. The first-order valence-corrected chi connectivity index (χ1v) is 6.25. The predicted molar refractivity (Wildman–Crippen MR) is 63.5 cm³/mol. The van der Waals surface area contributed by atoms with Gasteiger partial charge >= 0.3 is 6.36 Å². The lowest BCUT2D eigenvalue weighted by molar-refractivity contribution is -0.275. The molecule has 0 spiro atoms. The minimum absolute atomic E-state index is 0.0423. The predicted octanol–water partition coefficient (Wildman–Crippen LogP) is 3.12. The third kappa shape index (κ3) is 4.90. The molecule has 1 saturated heterocycles. The van der Waals surface area contributed by atoms with Gasteiger partial charge in [-0.15, -0.1) is 13.2 Å². The van der Waals surface area contributed by atoms with Gasteiger partial charge in [-0.2, -0.15) is 0 Å². The molecule has 20 heavy (non-hydrogen) atoms. The molecular weight excluding hydrogens is 277 g/mol. The molecule has 0 aromatic heterocycles. The van der Waals surface area contributed by atoms with Gasteiger partial charge in [0.25, 0.3) is 0 Å². The molecule has 2 rings (SSSR count). The second-order valence-electron chi connectivity index (χ2n) is 4.16. The normalized spacial score (nSPS) is 16.9. The molecule has 0 unspecified atom stereocenters. The van der Waals surface area contributed by atoms with E-state index in [-0.39, 0.29) is 24.4 Å². The summed E-state index contributed by atoms with van der Waals surface area (Å²) in [5.41, 5.74) is 0. The van der Waals surface area contributed by atoms with Crippen molar-refractivity contribution in [2.75, 3.05) is 19.8 Å². The summed E-state index contributed by atoms with van der Waals surface area (Å²) in [6, 6.07) is 5.65. The summed E-state index contributed by atoms with van der Waals surface area (Å²) >= 11 is 0. The Morgan fingerprint density at radius 1 is 1.10 bits per heavy atom. The summed E-state index contributed by atoms with van der Waals surface area (Å²) in [7, 11) is 0. The van der Waals surface area contributed by atoms with E-state index < -0.39 is 6.36 Å². The van der Waals surface area contributed by atoms with Crippen LogP contribution in [0.25, 0.3) is 0 Å². The Balaban J connectivity index is 1.85. The molecule has 1 aliphatic heterocycles. The molecule has 0 radical (unpaired) electrons. The summed E-state index contributed by atoms with van der Waals surface area (Å²) in [4.78, 5) is 0. The molecule has 1 aliphatic rings. The van der Waals surface area contributed by atoms with E-state index in [2.05, 4.69) is 4.74 Å². The Morgan fingerprint density at radius 3 is 2.40 bits per heavy atom. The fourth-order valence-electron chi connectivity index (χ4n) is 1.75. The molecule has 0 atom stereocenters. The van der Waals surface area contributed by atoms with Crippen molar-refractivity contribution >= 4 is 0 Å². The van der Waals surface area contributed by atoms with Crippen molar-refractivity contribution in [3.05, 3.63) is 24.3 Å². The molecule has 1 aromatic rings. The van der Waals surface area contributed by atoms with Crippen LogP contribution in [0.3, 0.4) is 0 Å². The van der Waals surface area contributed by atoms with Gasteiger partial charge in [0.1, 0.15) is 0 Å². The lowest BCUT2D eigenvalue weighted by Crippen LogP contribution is -2.26. The monoisotopic (exact) mass is 292 g/mol. The fourth-order valence-corrected chi connectivity index (χ4v) is 1.75. The zero-order chi connectivity index (χ0) is 14.4. The maximum atomic E-state index is 12.2. The van der Waals surface area contributed by atoms with Gasteiger partial charge in [-0.3, -0.25) is 0 Å². The van der Waals surface area contributed by atoms with Crippen molar-refractivity contribution in [3.63, 3.8) is 0 Å². The molecule has 0 aliphatic carbocycles. The Bertz CT molecular complexity index is 416. The van der Waals surface area contributed by atoms with E-state index in [1.165, 1.54) is 18.2 Å². The number of halogens is 3. The van der Waals surface area contributed by atoms with Crippen molar-refractivity contribution in [3.8, 4) is 11.5 Å². The van der Waals surface area contributed by atoms with Gasteiger partial charge in [0.2, 0.25) is 0 Å². The van der Waals surface area contributed by atoms with Gasteiger partial charge in [0.15, 0.2) is 17.8 Å². The van der Waals surface area contributed by atoms with E-state index in [0.29, 0.717) is 19.6 Å². The van der Waals surface area contributed by atoms with Crippen molar-refractivity contribution in [2.24, 2.45) is 0 Å². The van der Waals surface area contributed by atoms with E-state index in [0.717, 1.165) is 6.42 Å². The first-order valence-electron chi connectivity index (χ1n) is 6.25. The summed E-state index contributed by atoms with van der Waals surface area (Å²) in [5.74, 6) is -0.314. The topological polar surface area (TPSA) is 36.9 Å². The number of para-hydroxylation sites is 2. The lowest BCUT2D eigenvalue weighted by Gasteiger charge is -2.23. The second kappa shape index (κ2) is 6.81. The number of hydrogen-bond acceptors (Lipinski definition) is 4. The standard InChI is InChI=1S/C13H15F3O4/c14-13(15,16)20-11-5-2-1-4-10(11)17-9-6-12-18-7-3-8-19-12/h1-2,4-5,12H,3,6-9H2. The Kier molecular flexibility index (Phi) is 5.08. The molecular formula is C13H15F3O4. The number of rotatable bonds is 5. The highest BCUT2D eigenvalue weighted by molar-refractivity contribution is 5.39. The van der Waals surface area contributed by atoms with E-state index in [4.69, 9.17) is 14.2 Å². The van der Waals surface area contributed by atoms with Crippen molar-refractivity contribution in [1.29, 1.82) is 0 Å². The van der Waals surface area contributed by atoms with Gasteiger partial charge in [-0.1, -0.05) is 12.1 Å². The second-order valence-corrected chi connectivity index (χ2v) is 4.16. The molecule has 0 bridgehead atoms. The van der Waals surface area contributed by atoms with Crippen LogP contribution in [0.15, 0.2) is 24.3 Å². The summed E-state index contributed by atoms with van der Waals surface area (Å²) in [5, 5.41) is 0. The molecule has 0 amide bonds. The van der Waals surface area contributed by atoms with Gasteiger partial charge < -0.3 is 18.9 Å². The molecule has 1 aromatic carbocycles. The Morgan fingerprint density at radius 2 is 1.75 bits per heavy atom. The highest BCUT2D eigenvalue weighted by atomic mass is 19.4. The highest BCUT2D eigenvalue weighted by Crippen LogP contribution is 2.31. The molecule has 0 N–H and O–H groups in total. The first kappa shape index (κ1) is 14.9. The molecule has 7 heteroatoms. The molecule has 112 valence electrons. The Labute approximate surface area is 114 Å². The summed E-state index contributed by atoms with van der Waals surface area (Å²) < 4.78 is 56.5. The third-order valence-electron chi connectivity index (χ3n) is 2.58. The van der Waals surface area contributed by atoms with Crippen LogP contribution in [-0.4, -0.2) is 32.5 Å². The fraction of sp³-hybridized carbons (Fsp3) is 0.538. The molecule has 0 saturated carbocycles. The Hall–Kier alpha value is -1.47. The maximum absolute atomic E-state index is 12.2. The molecule has 4 nitrogen and oxygen atoms in total. The van der Waals surface area contributed by atoms with Crippen LogP contribution < -0.4 is 9.47 Å². The van der Waals surface area contributed by atoms with Gasteiger partial charge in [-0.25, -0.2) is 0 Å². The van der Waals surface area contributed by atoms with E-state index in [1.807, 2.05) is 0 Å². The van der Waals surface area contributed by atoms with Crippen LogP contribution in [0.5, 0.6) is 11.5 Å². The van der Waals surface area contributed by atoms with Crippen molar-refractivity contribution < 1.29 is 32.1 Å². The average Bonchev–Trinajstić information content (AvgIpc) is 2.40. The smallest absolute Gasteiger partial charge is 0.489 e. The molecule has 1 heterocycles. The van der Waals surface area contributed by atoms with Crippen molar-refractivity contribution in [2.45, 2.75) is 25.5 Å². The number of ether oxygens (including phenoxy) is 4. The van der Waals surface area contributed by atoms with E-state index in [9.17, 15) is 13.2 Å². The summed E-state index contributed by atoms with van der Waals surface area (Å²) in [6.45, 7) is 1.43. The first-order chi connectivity index (χ1) is 9.54. The van der Waals surface area contributed by atoms with Crippen LogP contribution in [0.4, 0.5) is 13.2 Å². The average molecular weight is 292 g/mol. The minimum atomic E-state index is -4.74. The summed E-state index contributed by atoms with van der Waals surface area (Å²) in [6.07, 6.45) is -3.81. The van der Waals surface area contributed by atoms with Crippen molar-refractivity contribution in [1.82, 2.24) is 0 Å². The van der Waals surface area contributed by atoms with Gasteiger partial charge in [0, 0.05) is 6.42 Å². The molecule has 1 fully saturated rings. The van der Waals surface area contributed by atoms with Crippen LogP contribution in [-0.2, 0) is 9.47 Å². The highest BCUT2D eigenvalue weighted by Gasteiger charge is 2.32. The van der Waals surface area contributed by atoms with Crippen LogP contribution in [0.1, 0.15) is 12.8 Å². The third-order valence-corrected chi connectivity index (χ3v) is 2.58. The zero-order valence-electron chi connectivity index (χ0n) is 10.7. The number of alkyl halides is 3. The van der Waals surface area contributed by atoms with Gasteiger partial charge in [0.05, 0.1) is 19.8 Å². The largest absolute Gasteiger partial charge is 0.573 e. The van der Waals surface area contributed by atoms with E-state index >= 15 is 0 Å². The number of hydrogen-bond donors (Lipinski definition) is 0. The van der Waals surface area contributed by atoms with Crippen LogP contribution >= 0.6 is 0 Å². The number of benzene rings is 1. The quantitative estimate of drug-likeness (QED) is 0.835. The van der Waals surface area contributed by atoms with Crippen LogP contribution in [0, 0.1) is 0 Å². The van der Waals surface area contributed by atoms with E-state index in [1.54, 1.807) is 6.07 Å². The van der Waals surface area contributed by atoms with Crippen LogP contribution in [0.2, 0.25) is 0 Å². The SMILES string of the molecule is FC(F)(F)Oc1ccccc1OCCC1OCCCO1. The maximum Gasteiger partial charge on any atom is 0.573 e.